The summed E-state index contributed by atoms with van der Waals surface area (Å²) >= 11 is 0. The Labute approximate surface area is 114 Å². The summed E-state index contributed by atoms with van der Waals surface area (Å²) in [5.74, 6) is 0.109. The molecule has 2 aromatic rings. The number of ketones is 1. The molecule has 2 aromatic carbocycles. The van der Waals surface area contributed by atoms with Crippen LogP contribution < -0.4 is 5.73 Å². The van der Waals surface area contributed by atoms with Gasteiger partial charge >= 0.3 is 0 Å². The zero-order valence-electron chi connectivity index (χ0n) is 11.7. The van der Waals surface area contributed by atoms with E-state index in [4.69, 9.17) is 5.73 Å². The first-order valence-electron chi connectivity index (χ1n) is 6.54. The third-order valence-electron chi connectivity index (χ3n) is 3.61. The van der Waals surface area contributed by atoms with Gasteiger partial charge in [0.2, 0.25) is 0 Å². The predicted octanol–water partition coefficient (Wildman–Crippen LogP) is 4.15. The van der Waals surface area contributed by atoms with E-state index < -0.39 is 0 Å². The maximum Gasteiger partial charge on any atom is 0.164 e. The van der Waals surface area contributed by atoms with Gasteiger partial charge in [-0.1, -0.05) is 37.3 Å². The van der Waals surface area contributed by atoms with E-state index in [1.807, 2.05) is 45.0 Å². The largest absolute Gasteiger partial charge is 0.398 e. The fourth-order valence-corrected chi connectivity index (χ4v) is 2.41. The lowest BCUT2D eigenvalue weighted by Crippen LogP contribution is -2.07. The molecule has 0 saturated carbocycles. The molecular weight excluding hydrogens is 234 g/mol. The fourth-order valence-electron chi connectivity index (χ4n) is 2.41. The molecule has 2 heteroatoms. The minimum atomic E-state index is 0.109. The second kappa shape index (κ2) is 5.27. The van der Waals surface area contributed by atoms with Gasteiger partial charge in [0.05, 0.1) is 0 Å². The molecule has 0 atom stereocenters. The molecule has 0 saturated heterocycles. The Morgan fingerprint density at radius 2 is 1.74 bits per heavy atom. The van der Waals surface area contributed by atoms with Crippen LogP contribution in [0.25, 0.3) is 11.1 Å². The maximum atomic E-state index is 12.0. The quantitative estimate of drug-likeness (QED) is 0.659. The smallest absolute Gasteiger partial charge is 0.164 e. The van der Waals surface area contributed by atoms with Crippen LogP contribution in [0, 0.1) is 13.8 Å². The van der Waals surface area contributed by atoms with Gasteiger partial charge in [-0.3, -0.25) is 4.79 Å². The number of nitrogens with two attached hydrogens (primary N) is 1. The summed E-state index contributed by atoms with van der Waals surface area (Å²) in [6.07, 6.45) is 0.481. The first-order valence-corrected chi connectivity index (χ1v) is 6.54. The summed E-state index contributed by atoms with van der Waals surface area (Å²) < 4.78 is 0. The Morgan fingerprint density at radius 1 is 1.11 bits per heavy atom. The SMILES string of the molecule is CCC(=O)c1c(N)cc(-c2ccccc2)c(C)c1C. The molecule has 0 fully saturated rings. The molecular formula is C17H19NO. The molecule has 2 nitrogen and oxygen atoms in total. The fraction of sp³-hybridized carbons (Fsp3) is 0.235. The van der Waals surface area contributed by atoms with Crippen molar-refractivity contribution in [2.75, 3.05) is 5.73 Å². The molecule has 2 N–H and O–H groups in total. The van der Waals surface area contributed by atoms with Crippen LogP contribution in [0.4, 0.5) is 5.69 Å². The Morgan fingerprint density at radius 3 is 2.32 bits per heavy atom. The normalized spacial score (nSPS) is 10.5. The summed E-state index contributed by atoms with van der Waals surface area (Å²) in [5.41, 5.74) is 11.7. The third-order valence-corrected chi connectivity index (χ3v) is 3.61. The van der Waals surface area contributed by atoms with Crippen molar-refractivity contribution in [1.82, 2.24) is 0 Å². The van der Waals surface area contributed by atoms with E-state index in [9.17, 15) is 4.79 Å². The number of rotatable bonds is 3. The lowest BCUT2D eigenvalue weighted by molar-refractivity contribution is 0.0988. The van der Waals surface area contributed by atoms with Crippen LogP contribution in [0.1, 0.15) is 34.8 Å². The lowest BCUT2D eigenvalue weighted by atomic mass is 9.90. The zero-order chi connectivity index (χ0) is 14.0. The van der Waals surface area contributed by atoms with Crippen LogP contribution in [0.2, 0.25) is 0 Å². The van der Waals surface area contributed by atoms with Gasteiger partial charge in [0.15, 0.2) is 5.78 Å². The van der Waals surface area contributed by atoms with Crippen molar-refractivity contribution in [2.45, 2.75) is 27.2 Å². The highest BCUT2D eigenvalue weighted by Crippen LogP contribution is 2.32. The molecule has 0 amide bonds. The van der Waals surface area contributed by atoms with E-state index in [1.165, 1.54) is 0 Å². The van der Waals surface area contributed by atoms with E-state index in [0.717, 1.165) is 22.3 Å². The molecule has 0 radical (unpaired) electrons. The Bertz CT molecular complexity index is 615. The monoisotopic (exact) mass is 253 g/mol. The summed E-state index contributed by atoms with van der Waals surface area (Å²) in [5, 5.41) is 0. The molecule has 19 heavy (non-hydrogen) atoms. The van der Waals surface area contributed by atoms with Gasteiger partial charge in [-0.2, -0.15) is 0 Å². The van der Waals surface area contributed by atoms with Crippen LogP contribution in [-0.2, 0) is 0 Å². The molecule has 98 valence electrons. The first kappa shape index (κ1) is 13.3. The van der Waals surface area contributed by atoms with Crippen molar-refractivity contribution in [3.05, 3.63) is 53.1 Å². The van der Waals surface area contributed by atoms with Gasteiger partial charge in [0.25, 0.3) is 0 Å². The highest BCUT2D eigenvalue weighted by Gasteiger charge is 2.16. The van der Waals surface area contributed by atoms with Crippen LogP contribution >= 0.6 is 0 Å². The maximum absolute atomic E-state index is 12.0. The molecule has 0 spiro atoms. The van der Waals surface area contributed by atoms with Crippen molar-refractivity contribution < 1.29 is 4.79 Å². The van der Waals surface area contributed by atoms with Crippen molar-refractivity contribution in [3.63, 3.8) is 0 Å². The number of carbonyl (C=O) groups is 1. The van der Waals surface area contributed by atoms with E-state index in [2.05, 4.69) is 12.1 Å². The number of hydrogen-bond acceptors (Lipinski definition) is 2. The van der Waals surface area contributed by atoms with Gasteiger partial charge in [-0.25, -0.2) is 0 Å². The molecule has 0 aliphatic carbocycles. The van der Waals surface area contributed by atoms with E-state index in [-0.39, 0.29) is 5.78 Å². The second-order valence-electron chi connectivity index (χ2n) is 4.78. The summed E-state index contributed by atoms with van der Waals surface area (Å²) in [6.45, 7) is 5.88. The molecule has 0 aromatic heterocycles. The number of anilines is 1. The van der Waals surface area contributed by atoms with Crippen LogP contribution in [0.5, 0.6) is 0 Å². The van der Waals surface area contributed by atoms with Gasteiger partial charge < -0.3 is 5.73 Å². The van der Waals surface area contributed by atoms with Crippen molar-refractivity contribution in [3.8, 4) is 11.1 Å². The predicted molar refractivity (Wildman–Crippen MR) is 80.4 cm³/mol. The van der Waals surface area contributed by atoms with Gasteiger partial charge in [-0.15, -0.1) is 0 Å². The number of benzene rings is 2. The van der Waals surface area contributed by atoms with Crippen LogP contribution in [0.15, 0.2) is 36.4 Å². The molecule has 0 unspecified atom stereocenters. The molecule has 0 bridgehead atoms. The summed E-state index contributed by atoms with van der Waals surface area (Å²) in [6, 6.07) is 12.0. The highest BCUT2D eigenvalue weighted by atomic mass is 16.1. The van der Waals surface area contributed by atoms with Gasteiger partial charge in [-0.05, 0) is 42.2 Å². The Hall–Kier alpha value is -2.09. The second-order valence-corrected chi connectivity index (χ2v) is 4.78. The molecule has 0 aliphatic heterocycles. The Balaban J connectivity index is 2.65. The average Bonchev–Trinajstić information content (AvgIpc) is 2.43. The Kier molecular flexibility index (Phi) is 3.70. The van der Waals surface area contributed by atoms with Crippen LogP contribution in [0.3, 0.4) is 0 Å². The van der Waals surface area contributed by atoms with E-state index in [0.29, 0.717) is 17.7 Å². The summed E-state index contributed by atoms with van der Waals surface area (Å²) in [7, 11) is 0. The van der Waals surface area contributed by atoms with Crippen molar-refractivity contribution >= 4 is 11.5 Å². The average molecular weight is 253 g/mol. The molecule has 0 aliphatic rings. The number of carbonyl (C=O) groups excluding carboxylic acids is 1. The number of Topliss-reactive ketones (excluding diaryl/α,β-unsaturated/α-hetero) is 1. The number of hydrogen-bond donors (Lipinski definition) is 1. The third kappa shape index (κ3) is 2.39. The van der Waals surface area contributed by atoms with E-state index >= 15 is 0 Å². The van der Waals surface area contributed by atoms with Crippen molar-refractivity contribution in [1.29, 1.82) is 0 Å². The first-order chi connectivity index (χ1) is 9.06. The minimum Gasteiger partial charge on any atom is -0.398 e. The van der Waals surface area contributed by atoms with Crippen LogP contribution in [-0.4, -0.2) is 5.78 Å². The zero-order valence-corrected chi connectivity index (χ0v) is 11.7. The standard InChI is InChI=1S/C17H19NO/c1-4-16(19)17-12(3)11(2)14(10-15(17)18)13-8-6-5-7-9-13/h5-10H,4,18H2,1-3H3. The minimum absolute atomic E-state index is 0.109. The molecule has 2 rings (SSSR count). The van der Waals surface area contributed by atoms with Gasteiger partial charge in [0.1, 0.15) is 0 Å². The molecule has 0 heterocycles. The number of nitrogen functional groups attached to an aromatic ring is 1. The van der Waals surface area contributed by atoms with E-state index in [1.54, 1.807) is 0 Å². The highest BCUT2D eigenvalue weighted by molar-refractivity contribution is 6.03. The lowest BCUT2D eigenvalue weighted by Gasteiger charge is -2.15. The topological polar surface area (TPSA) is 43.1 Å². The van der Waals surface area contributed by atoms with Gasteiger partial charge in [0, 0.05) is 17.7 Å². The summed E-state index contributed by atoms with van der Waals surface area (Å²) in [4.78, 5) is 12.0. The van der Waals surface area contributed by atoms with Crippen molar-refractivity contribution in [2.24, 2.45) is 0 Å².